The fourth-order valence-corrected chi connectivity index (χ4v) is 3.14. The summed E-state index contributed by atoms with van der Waals surface area (Å²) in [7, 11) is 0. The summed E-state index contributed by atoms with van der Waals surface area (Å²) in [6.07, 6.45) is 1.67. The molecule has 1 fully saturated rings. The van der Waals surface area contributed by atoms with Crippen molar-refractivity contribution >= 4 is 30.7 Å². The van der Waals surface area contributed by atoms with Gasteiger partial charge < -0.3 is 20.8 Å². The number of rotatable bonds is 6. The molecule has 4 N–H and O–H groups in total. The van der Waals surface area contributed by atoms with Crippen LogP contribution in [-0.2, 0) is 11.3 Å². The zero-order chi connectivity index (χ0) is 17.8. The van der Waals surface area contributed by atoms with Gasteiger partial charge in [-0.3, -0.25) is 9.48 Å². The highest BCUT2D eigenvalue weighted by Crippen LogP contribution is 2.22. The Kier molecular flexibility index (Phi) is 9.21. The molecule has 1 aliphatic heterocycles. The van der Waals surface area contributed by atoms with E-state index in [-0.39, 0.29) is 37.3 Å². The highest BCUT2D eigenvalue weighted by Gasteiger charge is 2.29. The average molecular weight is 417 g/mol. The molecule has 3 atom stereocenters. The Hall–Kier alpha value is -1.64. The summed E-state index contributed by atoms with van der Waals surface area (Å²) >= 11 is 0. The van der Waals surface area contributed by atoms with Crippen molar-refractivity contribution in [3.05, 3.63) is 42.1 Å². The second-order valence-corrected chi connectivity index (χ2v) is 6.25. The molecule has 1 saturated heterocycles. The molecule has 1 amide bonds. The lowest BCUT2D eigenvalue weighted by molar-refractivity contribution is -0.124. The molecular formula is C18H26Cl2N4O3. The van der Waals surface area contributed by atoms with E-state index in [2.05, 4.69) is 15.7 Å². The van der Waals surface area contributed by atoms with Gasteiger partial charge in [0.1, 0.15) is 0 Å². The van der Waals surface area contributed by atoms with E-state index < -0.39 is 18.2 Å². The summed E-state index contributed by atoms with van der Waals surface area (Å²) in [6, 6.07) is 8.80. The number of halogens is 2. The van der Waals surface area contributed by atoms with Crippen LogP contribution in [0.15, 0.2) is 36.5 Å². The van der Waals surface area contributed by atoms with Gasteiger partial charge in [-0.05, 0) is 30.5 Å². The number of nitrogens with one attached hydrogen (secondary N) is 2. The molecule has 7 nitrogen and oxygen atoms in total. The standard InChI is InChI=1S/C18H24N4O3.2ClH/c1-2-22-17(7-8-20-22)13-5-3-12(4-6-13)16(11-23)21-18(25)15-9-14(24)10-19-15;;/h3-8,14-16,19,23-24H,2,9-11H2,1H3,(H,21,25);2*1H/t14-,15+,16+;;/m1../s1. The van der Waals surface area contributed by atoms with Crippen LogP contribution in [0.3, 0.4) is 0 Å². The second kappa shape index (κ2) is 10.6. The minimum atomic E-state index is -0.494. The van der Waals surface area contributed by atoms with Gasteiger partial charge in [-0.25, -0.2) is 0 Å². The molecule has 0 unspecified atom stereocenters. The van der Waals surface area contributed by atoms with Crippen molar-refractivity contribution < 1.29 is 15.0 Å². The van der Waals surface area contributed by atoms with Crippen LogP contribution in [0.25, 0.3) is 11.3 Å². The van der Waals surface area contributed by atoms with Crippen molar-refractivity contribution in [1.29, 1.82) is 0 Å². The number of carbonyl (C=O) groups is 1. The van der Waals surface area contributed by atoms with Gasteiger partial charge in [-0.2, -0.15) is 5.10 Å². The lowest BCUT2D eigenvalue weighted by Gasteiger charge is -2.20. The van der Waals surface area contributed by atoms with Crippen molar-refractivity contribution in [2.45, 2.75) is 38.1 Å². The number of aromatic nitrogens is 2. The zero-order valence-electron chi connectivity index (χ0n) is 15.0. The van der Waals surface area contributed by atoms with E-state index in [4.69, 9.17) is 0 Å². The Labute approximate surface area is 171 Å². The molecule has 1 aromatic heterocycles. The molecule has 0 radical (unpaired) electrons. The van der Waals surface area contributed by atoms with Crippen molar-refractivity contribution in [2.24, 2.45) is 0 Å². The van der Waals surface area contributed by atoms with E-state index in [0.29, 0.717) is 13.0 Å². The van der Waals surface area contributed by atoms with E-state index in [9.17, 15) is 15.0 Å². The normalized spacial score (nSPS) is 19.7. The average Bonchev–Trinajstić information content (AvgIpc) is 3.28. The molecule has 27 heavy (non-hydrogen) atoms. The number of aliphatic hydroxyl groups is 2. The number of hydrogen-bond donors (Lipinski definition) is 4. The molecule has 1 aromatic carbocycles. The molecule has 2 heterocycles. The van der Waals surface area contributed by atoms with Crippen LogP contribution in [0.5, 0.6) is 0 Å². The fraction of sp³-hybridized carbons (Fsp3) is 0.444. The van der Waals surface area contributed by atoms with Crippen molar-refractivity contribution in [1.82, 2.24) is 20.4 Å². The molecule has 1 aliphatic rings. The molecule has 0 saturated carbocycles. The summed E-state index contributed by atoms with van der Waals surface area (Å²) in [6.45, 7) is 3.06. The first-order chi connectivity index (χ1) is 12.1. The maximum absolute atomic E-state index is 12.3. The van der Waals surface area contributed by atoms with Crippen LogP contribution < -0.4 is 10.6 Å². The Balaban J connectivity index is 0.00000182. The van der Waals surface area contributed by atoms with Gasteiger partial charge in [-0.15, -0.1) is 24.8 Å². The number of amides is 1. The number of benzene rings is 1. The number of aliphatic hydroxyl groups excluding tert-OH is 2. The number of carbonyl (C=O) groups excluding carboxylic acids is 1. The number of aryl methyl sites for hydroxylation is 1. The highest BCUT2D eigenvalue weighted by molar-refractivity contribution is 5.85. The van der Waals surface area contributed by atoms with Gasteiger partial charge in [0, 0.05) is 19.3 Å². The summed E-state index contributed by atoms with van der Waals surface area (Å²) in [5.74, 6) is -0.205. The Morgan fingerprint density at radius 3 is 2.59 bits per heavy atom. The smallest absolute Gasteiger partial charge is 0.237 e. The number of nitrogens with zero attached hydrogens (tertiary/aromatic N) is 2. The van der Waals surface area contributed by atoms with E-state index in [1.807, 2.05) is 41.9 Å². The Morgan fingerprint density at radius 1 is 1.33 bits per heavy atom. The first-order valence-electron chi connectivity index (χ1n) is 8.57. The maximum Gasteiger partial charge on any atom is 0.237 e. The summed E-state index contributed by atoms with van der Waals surface area (Å²) in [4.78, 5) is 12.3. The predicted molar refractivity (Wildman–Crippen MR) is 108 cm³/mol. The molecule has 3 rings (SSSR count). The Bertz CT molecular complexity index is 724. The van der Waals surface area contributed by atoms with Crippen LogP contribution in [0, 0.1) is 0 Å². The van der Waals surface area contributed by atoms with Crippen molar-refractivity contribution in [3.8, 4) is 11.3 Å². The lowest BCUT2D eigenvalue weighted by atomic mass is 10.0. The molecule has 150 valence electrons. The Morgan fingerprint density at radius 2 is 2.04 bits per heavy atom. The van der Waals surface area contributed by atoms with E-state index in [1.54, 1.807) is 6.20 Å². The third kappa shape index (κ3) is 5.43. The first-order valence-corrected chi connectivity index (χ1v) is 8.57. The monoisotopic (exact) mass is 416 g/mol. The molecule has 0 bridgehead atoms. The second-order valence-electron chi connectivity index (χ2n) is 6.25. The SMILES string of the molecule is CCn1nccc1-c1ccc([C@H](CO)NC(=O)[C@@H]2C[C@@H](O)CN2)cc1.Cl.Cl. The zero-order valence-corrected chi connectivity index (χ0v) is 16.7. The van der Waals surface area contributed by atoms with Crippen LogP contribution in [0.4, 0.5) is 0 Å². The van der Waals surface area contributed by atoms with Crippen molar-refractivity contribution in [2.75, 3.05) is 13.2 Å². The maximum atomic E-state index is 12.3. The third-order valence-corrected chi connectivity index (χ3v) is 4.55. The van der Waals surface area contributed by atoms with E-state index in [1.165, 1.54) is 0 Å². The van der Waals surface area contributed by atoms with Crippen LogP contribution in [0.2, 0.25) is 0 Å². The summed E-state index contributed by atoms with van der Waals surface area (Å²) < 4.78 is 1.91. The highest BCUT2D eigenvalue weighted by atomic mass is 35.5. The lowest BCUT2D eigenvalue weighted by Crippen LogP contribution is -2.42. The van der Waals surface area contributed by atoms with Crippen LogP contribution in [0.1, 0.15) is 24.9 Å². The molecular weight excluding hydrogens is 391 g/mol. The first kappa shape index (κ1) is 23.4. The van der Waals surface area contributed by atoms with E-state index in [0.717, 1.165) is 23.4 Å². The largest absolute Gasteiger partial charge is 0.394 e. The number of hydrogen-bond acceptors (Lipinski definition) is 5. The fourth-order valence-electron chi connectivity index (χ4n) is 3.14. The van der Waals surface area contributed by atoms with Gasteiger partial charge in [0.05, 0.1) is 30.5 Å². The molecule has 9 heteroatoms. The predicted octanol–water partition coefficient (Wildman–Crippen LogP) is 1.29. The minimum Gasteiger partial charge on any atom is -0.394 e. The van der Waals surface area contributed by atoms with Gasteiger partial charge in [0.15, 0.2) is 0 Å². The molecule has 0 spiro atoms. The van der Waals surface area contributed by atoms with Gasteiger partial charge in [-0.1, -0.05) is 24.3 Å². The third-order valence-electron chi connectivity index (χ3n) is 4.55. The number of β-amino-alcohol motifs (C(OH)–C–C–N with tert-alkyl or cyclic N) is 1. The van der Waals surface area contributed by atoms with Crippen LogP contribution in [-0.4, -0.2) is 51.2 Å². The minimum absolute atomic E-state index is 0. The van der Waals surface area contributed by atoms with Crippen molar-refractivity contribution in [3.63, 3.8) is 0 Å². The van der Waals surface area contributed by atoms with E-state index >= 15 is 0 Å². The topological polar surface area (TPSA) is 99.4 Å². The quantitative estimate of drug-likeness (QED) is 0.568. The van der Waals surface area contributed by atoms with Gasteiger partial charge in [0.2, 0.25) is 5.91 Å². The summed E-state index contributed by atoms with van der Waals surface area (Å²) in [5.41, 5.74) is 2.90. The molecule has 2 aromatic rings. The van der Waals surface area contributed by atoms with Crippen LogP contribution >= 0.6 is 24.8 Å². The van der Waals surface area contributed by atoms with Gasteiger partial charge >= 0.3 is 0 Å². The molecule has 0 aliphatic carbocycles. The van der Waals surface area contributed by atoms with Gasteiger partial charge in [0.25, 0.3) is 0 Å². The summed E-state index contributed by atoms with van der Waals surface area (Å²) in [5, 5.41) is 29.3.